The minimum atomic E-state index is -0.606. The summed E-state index contributed by atoms with van der Waals surface area (Å²) in [5, 5.41) is 23.4. The van der Waals surface area contributed by atoms with Crippen molar-refractivity contribution in [2.75, 3.05) is 12.4 Å². The lowest BCUT2D eigenvalue weighted by Gasteiger charge is -2.06. The smallest absolute Gasteiger partial charge is 0.273 e. The number of nitrogens with zero attached hydrogens (tertiary/aromatic N) is 2. The molecule has 0 radical (unpaired) electrons. The predicted molar refractivity (Wildman–Crippen MR) is 111 cm³/mol. The van der Waals surface area contributed by atoms with Crippen molar-refractivity contribution in [3.8, 4) is 23.1 Å². The number of nitriles is 1. The molecule has 30 heavy (non-hydrogen) atoms. The Morgan fingerprint density at radius 1 is 1.23 bits per heavy atom. The van der Waals surface area contributed by atoms with Gasteiger partial charge in [0.15, 0.2) is 0 Å². The fraction of sp³-hybridized carbons (Fsp3) is 0.0476. The van der Waals surface area contributed by atoms with E-state index in [-0.39, 0.29) is 22.8 Å². The number of nitro groups is 1. The summed E-state index contributed by atoms with van der Waals surface area (Å²) in [6, 6.07) is 15.6. The van der Waals surface area contributed by atoms with Crippen LogP contribution in [0.25, 0.3) is 17.4 Å². The van der Waals surface area contributed by atoms with Gasteiger partial charge in [0.2, 0.25) is 0 Å². The Bertz CT molecular complexity index is 1180. The number of rotatable bonds is 6. The highest BCUT2D eigenvalue weighted by atomic mass is 35.5. The van der Waals surface area contributed by atoms with Crippen molar-refractivity contribution in [3.63, 3.8) is 0 Å². The Morgan fingerprint density at radius 3 is 2.60 bits per heavy atom. The van der Waals surface area contributed by atoms with Crippen LogP contribution < -0.4 is 10.1 Å². The Kier molecular flexibility index (Phi) is 6.15. The molecular weight excluding hydrogens is 410 g/mol. The summed E-state index contributed by atoms with van der Waals surface area (Å²) in [6.07, 6.45) is 1.30. The molecule has 0 saturated carbocycles. The first-order chi connectivity index (χ1) is 14.4. The number of hydrogen-bond acceptors (Lipinski definition) is 6. The molecule has 0 bridgehead atoms. The fourth-order valence-corrected chi connectivity index (χ4v) is 2.72. The summed E-state index contributed by atoms with van der Waals surface area (Å²) >= 11 is 5.81. The van der Waals surface area contributed by atoms with Crippen molar-refractivity contribution in [2.24, 2.45) is 0 Å². The van der Waals surface area contributed by atoms with E-state index in [0.717, 1.165) is 0 Å². The van der Waals surface area contributed by atoms with Gasteiger partial charge in [-0.25, -0.2) is 0 Å². The summed E-state index contributed by atoms with van der Waals surface area (Å²) in [5.41, 5.74) is 0.697. The van der Waals surface area contributed by atoms with Crippen LogP contribution >= 0.6 is 11.6 Å². The lowest BCUT2D eigenvalue weighted by molar-refractivity contribution is -0.384. The maximum absolute atomic E-state index is 12.4. The van der Waals surface area contributed by atoms with E-state index in [1.807, 2.05) is 6.07 Å². The summed E-state index contributed by atoms with van der Waals surface area (Å²) in [4.78, 5) is 22.8. The maximum atomic E-state index is 12.4. The van der Waals surface area contributed by atoms with Crippen LogP contribution in [0.2, 0.25) is 5.02 Å². The van der Waals surface area contributed by atoms with Crippen molar-refractivity contribution in [1.29, 1.82) is 5.26 Å². The number of furan rings is 1. The number of ether oxygens (including phenoxy) is 1. The van der Waals surface area contributed by atoms with Crippen molar-refractivity contribution >= 4 is 35.0 Å². The lowest BCUT2D eigenvalue weighted by atomic mass is 10.1. The second-order valence-electron chi connectivity index (χ2n) is 5.97. The first-order valence-corrected chi connectivity index (χ1v) is 8.90. The molecule has 1 heterocycles. The Balaban J connectivity index is 1.85. The molecule has 0 aliphatic heterocycles. The van der Waals surface area contributed by atoms with Gasteiger partial charge in [-0.05, 0) is 42.5 Å². The number of nitro benzene ring substituents is 1. The van der Waals surface area contributed by atoms with Gasteiger partial charge in [0, 0.05) is 22.9 Å². The van der Waals surface area contributed by atoms with Gasteiger partial charge in [-0.15, -0.1) is 0 Å². The van der Waals surface area contributed by atoms with Gasteiger partial charge >= 0.3 is 0 Å². The number of amides is 1. The van der Waals surface area contributed by atoms with E-state index in [1.165, 1.54) is 31.4 Å². The van der Waals surface area contributed by atoms with E-state index < -0.39 is 10.8 Å². The fourth-order valence-electron chi connectivity index (χ4n) is 2.59. The number of carbonyl (C=O) groups excluding carboxylic acids is 1. The monoisotopic (exact) mass is 423 g/mol. The van der Waals surface area contributed by atoms with Gasteiger partial charge in [0.1, 0.15) is 28.9 Å². The molecule has 0 unspecified atom stereocenters. The minimum absolute atomic E-state index is 0.118. The molecule has 0 atom stereocenters. The molecule has 8 nitrogen and oxygen atoms in total. The van der Waals surface area contributed by atoms with Crippen LogP contribution in [0.1, 0.15) is 5.76 Å². The number of non-ortho nitro benzene ring substituents is 1. The molecule has 1 aromatic heterocycles. The topological polar surface area (TPSA) is 118 Å². The third kappa shape index (κ3) is 4.66. The molecule has 0 aliphatic carbocycles. The van der Waals surface area contributed by atoms with Gasteiger partial charge in [0.05, 0.1) is 23.7 Å². The molecule has 1 amide bonds. The van der Waals surface area contributed by atoms with E-state index >= 15 is 0 Å². The molecule has 1 N–H and O–H groups in total. The number of hydrogen-bond donors (Lipinski definition) is 1. The van der Waals surface area contributed by atoms with Gasteiger partial charge in [-0.1, -0.05) is 11.6 Å². The highest BCUT2D eigenvalue weighted by Crippen LogP contribution is 2.34. The minimum Gasteiger partial charge on any atom is -0.496 e. The van der Waals surface area contributed by atoms with E-state index in [0.29, 0.717) is 22.0 Å². The lowest BCUT2D eigenvalue weighted by Crippen LogP contribution is -2.13. The second kappa shape index (κ2) is 8.94. The molecule has 0 aliphatic rings. The number of carbonyl (C=O) groups is 1. The zero-order valence-corrected chi connectivity index (χ0v) is 16.3. The first-order valence-electron chi connectivity index (χ1n) is 8.52. The number of anilines is 1. The quantitative estimate of drug-likeness (QED) is 0.256. The summed E-state index contributed by atoms with van der Waals surface area (Å²) in [5.74, 6) is 0.275. The van der Waals surface area contributed by atoms with Crippen LogP contribution in [0, 0.1) is 21.4 Å². The molecule has 9 heteroatoms. The molecule has 3 rings (SSSR count). The molecule has 0 saturated heterocycles. The predicted octanol–water partition coefficient (Wildman–Crippen LogP) is 5.06. The van der Waals surface area contributed by atoms with E-state index in [2.05, 4.69) is 5.32 Å². The van der Waals surface area contributed by atoms with Crippen LogP contribution in [-0.2, 0) is 4.79 Å². The third-order valence-electron chi connectivity index (χ3n) is 4.04. The standard InChI is InChI=1S/C21H14ClN3O5/c1-29-20-11-16(25(27)28)6-8-18(20)19-9-7-17(30-19)10-13(12-23)21(26)24-15-4-2-14(22)3-5-15/h2-11H,1H3,(H,24,26). The maximum Gasteiger partial charge on any atom is 0.273 e. The molecule has 0 spiro atoms. The zero-order chi connectivity index (χ0) is 21.7. The molecule has 0 fully saturated rings. The third-order valence-corrected chi connectivity index (χ3v) is 4.29. The van der Waals surface area contributed by atoms with Crippen LogP contribution in [0.3, 0.4) is 0 Å². The summed E-state index contributed by atoms with van der Waals surface area (Å²) in [7, 11) is 1.39. The van der Waals surface area contributed by atoms with E-state index in [9.17, 15) is 20.2 Å². The normalized spacial score (nSPS) is 10.9. The van der Waals surface area contributed by atoms with E-state index in [4.69, 9.17) is 20.8 Å². The average molecular weight is 424 g/mol. The number of nitrogens with one attached hydrogen (secondary N) is 1. The van der Waals surface area contributed by atoms with Crippen LogP contribution in [0.15, 0.2) is 64.6 Å². The van der Waals surface area contributed by atoms with Gasteiger partial charge in [-0.2, -0.15) is 5.26 Å². The van der Waals surface area contributed by atoms with Crippen LogP contribution in [-0.4, -0.2) is 17.9 Å². The Morgan fingerprint density at radius 2 is 1.97 bits per heavy atom. The summed E-state index contributed by atoms with van der Waals surface area (Å²) < 4.78 is 10.9. The zero-order valence-electron chi connectivity index (χ0n) is 15.6. The van der Waals surface area contributed by atoms with Crippen molar-refractivity contribution < 1.29 is 18.9 Å². The highest BCUT2D eigenvalue weighted by Gasteiger charge is 2.16. The number of methoxy groups -OCH3 is 1. The Hall–Kier alpha value is -4.09. The van der Waals surface area contributed by atoms with Gasteiger partial charge in [-0.3, -0.25) is 14.9 Å². The van der Waals surface area contributed by atoms with Crippen molar-refractivity contribution in [3.05, 3.63) is 81.1 Å². The van der Waals surface area contributed by atoms with Gasteiger partial charge in [0.25, 0.3) is 11.6 Å². The Labute approximate surface area is 176 Å². The van der Waals surface area contributed by atoms with E-state index in [1.54, 1.807) is 36.4 Å². The van der Waals surface area contributed by atoms with Crippen LogP contribution in [0.5, 0.6) is 5.75 Å². The highest BCUT2D eigenvalue weighted by molar-refractivity contribution is 6.30. The van der Waals surface area contributed by atoms with Crippen molar-refractivity contribution in [2.45, 2.75) is 0 Å². The molecule has 3 aromatic rings. The SMILES string of the molecule is COc1cc([N+](=O)[O-])ccc1-c1ccc(C=C(C#N)C(=O)Nc2ccc(Cl)cc2)o1. The molecule has 150 valence electrons. The van der Waals surface area contributed by atoms with Crippen LogP contribution in [0.4, 0.5) is 11.4 Å². The summed E-state index contributed by atoms with van der Waals surface area (Å²) in [6.45, 7) is 0. The molecule has 2 aromatic carbocycles. The van der Waals surface area contributed by atoms with Gasteiger partial charge < -0.3 is 14.5 Å². The average Bonchev–Trinajstić information content (AvgIpc) is 3.21. The first kappa shape index (κ1) is 20.6. The largest absolute Gasteiger partial charge is 0.496 e. The van der Waals surface area contributed by atoms with Crippen molar-refractivity contribution in [1.82, 2.24) is 0 Å². The number of halogens is 1. The number of benzene rings is 2. The molecular formula is C21H14ClN3O5. The second-order valence-corrected chi connectivity index (χ2v) is 6.41.